The van der Waals surface area contributed by atoms with Gasteiger partial charge in [0.2, 0.25) is 0 Å². The second-order valence-corrected chi connectivity index (χ2v) is 6.32. The fourth-order valence-electron chi connectivity index (χ4n) is 3.53. The molecule has 0 aromatic carbocycles. The SMILES string of the molecule is CNC1CC(C)CC(C)C1N(CC(F)(F)F)C(C)C. The van der Waals surface area contributed by atoms with E-state index in [2.05, 4.69) is 19.2 Å². The Morgan fingerprint density at radius 3 is 2.21 bits per heavy atom. The lowest BCUT2D eigenvalue weighted by molar-refractivity contribution is -0.161. The molecule has 0 amide bonds. The van der Waals surface area contributed by atoms with Crippen molar-refractivity contribution in [3.63, 3.8) is 0 Å². The van der Waals surface area contributed by atoms with Gasteiger partial charge in [-0.3, -0.25) is 4.90 Å². The first-order valence-corrected chi connectivity index (χ1v) is 7.15. The van der Waals surface area contributed by atoms with Crippen LogP contribution in [-0.4, -0.2) is 42.8 Å². The molecule has 1 aliphatic rings. The van der Waals surface area contributed by atoms with Gasteiger partial charge in [-0.05, 0) is 45.6 Å². The van der Waals surface area contributed by atoms with Crippen LogP contribution in [0.15, 0.2) is 0 Å². The molecule has 19 heavy (non-hydrogen) atoms. The summed E-state index contributed by atoms with van der Waals surface area (Å²) in [6, 6.07) is 0.00431. The Balaban J connectivity index is 2.91. The van der Waals surface area contributed by atoms with Crippen LogP contribution < -0.4 is 5.32 Å². The summed E-state index contributed by atoms with van der Waals surface area (Å²) in [7, 11) is 1.86. The highest BCUT2D eigenvalue weighted by Gasteiger charge is 2.42. The topological polar surface area (TPSA) is 15.3 Å². The fourth-order valence-corrected chi connectivity index (χ4v) is 3.53. The highest BCUT2D eigenvalue weighted by molar-refractivity contribution is 4.95. The summed E-state index contributed by atoms with van der Waals surface area (Å²) < 4.78 is 38.4. The molecule has 0 aliphatic heterocycles. The Labute approximate surface area is 114 Å². The lowest BCUT2D eigenvalue weighted by Crippen LogP contribution is -2.59. The summed E-state index contributed by atoms with van der Waals surface area (Å²) in [5, 5.41) is 3.23. The summed E-state index contributed by atoms with van der Waals surface area (Å²) in [5.74, 6) is 0.856. The van der Waals surface area contributed by atoms with E-state index in [1.807, 2.05) is 20.9 Å². The number of alkyl halides is 3. The summed E-state index contributed by atoms with van der Waals surface area (Å²) in [6.45, 7) is 7.15. The van der Waals surface area contributed by atoms with Crippen molar-refractivity contribution in [2.24, 2.45) is 11.8 Å². The van der Waals surface area contributed by atoms with Crippen LogP contribution in [0.1, 0.15) is 40.5 Å². The van der Waals surface area contributed by atoms with Gasteiger partial charge in [-0.2, -0.15) is 13.2 Å². The van der Waals surface area contributed by atoms with Crippen molar-refractivity contribution < 1.29 is 13.2 Å². The van der Waals surface area contributed by atoms with Gasteiger partial charge in [-0.1, -0.05) is 13.8 Å². The van der Waals surface area contributed by atoms with Crippen LogP contribution in [0.25, 0.3) is 0 Å². The van der Waals surface area contributed by atoms with Gasteiger partial charge in [0, 0.05) is 18.1 Å². The number of rotatable bonds is 4. The maximum atomic E-state index is 12.8. The second-order valence-electron chi connectivity index (χ2n) is 6.32. The number of hydrogen-bond donors (Lipinski definition) is 1. The van der Waals surface area contributed by atoms with Crippen LogP contribution in [0.4, 0.5) is 13.2 Å². The van der Waals surface area contributed by atoms with Crippen LogP contribution in [0.3, 0.4) is 0 Å². The van der Waals surface area contributed by atoms with Crippen molar-refractivity contribution in [1.82, 2.24) is 10.2 Å². The molecule has 0 saturated heterocycles. The van der Waals surface area contributed by atoms with E-state index < -0.39 is 12.7 Å². The minimum atomic E-state index is -4.13. The normalized spacial score (nSPS) is 33.2. The minimum absolute atomic E-state index is 0.0391. The molecule has 0 aromatic rings. The van der Waals surface area contributed by atoms with E-state index in [4.69, 9.17) is 0 Å². The van der Waals surface area contributed by atoms with Crippen LogP contribution >= 0.6 is 0 Å². The smallest absolute Gasteiger partial charge is 0.315 e. The Morgan fingerprint density at radius 1 is 1.21 bits per heavy atom. The zero-order chi connectivity index (χ0) is 14.8. The van der Waals surface area contributed by atoms with Crippen LogP contribution in [0.5, 0.6) is 0 Å². The second kappa shape index (κ2) is 6.44. The Kier molecular flexibility index (Phi) is 5.68. The van der Waals surface area contributed by atoms with Gasteiger partial charge >= 0.3 is 6.18 Å². The van der Waals surface area contributed by atoms with E-state index in [1.54, 1.807) is 4.90 Å². The Morgan fingerprint density at radius 2 is 1.79 bits per heavy atom. The summed E-state index contributed by atoms with van der Waals surface area (Å²) in [5.41, 5.74) is 0. The molecule has 4 unspecified atom stereocenters. The van der Waals surface area contributed by atoms with Crippen molar-refractivity contribution in [2.75, 3.05) is 13.6 Å². The predicted molar refractivity (Wildman–Crippen MR) is 72.1 cm³/mol. The molecule has 0 spiro atoms. The third-order valence-electron chi connectivity index (χ3n) is 4.20. The predicted octanol–water partition coefficient (Wildman–Crippen LogP) is 3.28. The molecule has 0 heterocycles. The van der Waals surface area contributed by atoms with E-state index >= 15 is 0 Å². The number of halogens is 3. The molecule has 1 aliphatic carbocycles. The van der Waals surface area contributed by atoms with Gasteiger partial charge in [-0.15, -0.1) is 0 Å². The van der Waals surface area contributed by atoms with Crippen LogP contribution in [-0.2, 0) is 0 Å². The zero-order valence-electron chi connectivity index (χ0n) is 12.6. The fraction of sp³-hybridized carbons (Fsp3) is 1.00. The van der Waals surface area contributed by atoms with Gasteiger partial charge in [0.1, 0.15) is 0 Å². The number of nitrogens with zero attached hydrogens (tertiary/aromatic N) is 1. The molecule has 1 fully saturated rings. The lowest BCUT2D eigenvalue weighted by atomic mass is 9.75. The lowest BCUT2D eigenvalue weighted by Gasteiger charge is -2.47. The van der Waals surface area contributed by atoms with E-state index in [0.717, 1.165) is 12.8 Å². The van der Waals surface area contributed by atoms with Gasteiger partial charge in [0.25, 0.3) is 0 Å². The minimum Gasteiger partial charge on any atom is -0.315 e. The molecule has 1 N–H and O–H groups in total. The van der Waals surface area contributed by atoms with E-state index in [-0.39, 0.29) is 24.0 Å². The molecule has 114 valence electrons. The first-order chi connectivity index (χ1) is 8.65. The van der Waals surface area contributed by atoms with Crippen molar-refractivity contribution in [3.05, 3.63) is 0 Å². The van der Waals surface area contributed by atoms with E-state index in [1.165, 1.54) is 0 Å². The average Bonchev–Trinajstić information content (AvgIpc) is 2.24. The van der Waals surface area contributed by atoms with Crippen molar-refractivity contribution >= 4 is 0 Å². The molecule has 0 radical (unpaired) electrons. The first kappa shape index (κ1) is 16.8. The first-order valence-electron chi connectivity index (χ1n) is 7.15. The molecule has 4 atom stereocenters. The molecular weight excluding hydrogens is 253 g/mol. The van der Waals surface area contributed by atoms with Crippen molar-refractivity contribution in [2.45, 2.75) is 64.8 Å². The molecule has 1 rings (SSSR count). The van der Waals surface area contributed by atoms with Gasteiger partial charge in [0.15, 0.2) is 0 Å². The summed E-state index contributed by atoms with van der Waals surface area (Å²) >= 11 is 0. The maximum absolute atomic E-state index is 12.8. The third kappa shape index (κ3) is 4.63. The number of nitrogens with one attached hydrogen (secondary N) is 1. The van der Waals surface area contributed by atoms with Gasteiger partial charge < -0.3 is 5.32 Å². The zero-order valence-corrected chi connectivity index (χ0v) is 12.6. The average molecular weight is 280 g/mol. The summed E-state index contributed by atoms with van der Waals surface area (Å²) in [6.07, 6.45) is -2.18. The van der Waals surface area contributed by atoms with E-state index in [9.17, 15) is 13.2 Å². The molecule has 0 aromatic heterocycles. The van der Waals surface area contributed by atoms with E-state index in [0.29, 0.717) is 5.92 Å². The highest BCUT2D eigenvalue weighted by Crippen LogP contribution is 2.34. The molecule has 0 bridgehead atoms. The third-order valence-corrected chi connectivity index (χ3v) is 4.20. The number of hydrogen-bond acceptors (Lipinski definition) is 2. The monoisotopic (exact) mass is 280 g/mol. The van der Waals surface area contributed by atoms with Crippen molar-refractivity contribution in [3.8, 4) is 0 Å². The standard InChI is InChI=1S/C14H27F3N2/c1-9(2)19(8-14(15,16)17)13-11(4)6-10(3)7-12(13)18-5/h9-13,18H,6-8H2,1-5H3. The molecule has 2 nitrogen and oxygen atoms in total. The summed E-state index contributed by atoms with van der Waals surface area (Å²) in [4.78, 5) is 1.62. The molecule has 1 saturated carbocycles. The highest BCUT2D eigenvalue weighted by atomic mass is 19.4. The molecular formula is C14H27F3N2. The Hall–Kier alpha value is -0.290. The number of likely N-dealkylation sites (N-methyl/N-ethyl adjacent to an activating group) is 1. The maximum Gasteiger partial charge on any atom is 0.401 e. The molecule has 5 heteroatoms. The Bertz CT molecular complexity index is 278. The van der Waals surface area contributed by atoms with Crippen LogP contribution in [0.2, 0.25) is 0 Å². The van der Waals surface area contributed by atoms with Gasteiger partial charge in [0.05, 0.1) is 6.54 Å². The quantitative estimate of drug-likeness (QED) is 0.850. The van der Waals surface area contributed by atoms with Gasteiger partial charge in [-0.25, -0.2) is 0 Å². The van der Waals surface area contributed by atoms with Crippen LogP contribution in [0, 0.1) is 11.8 Å². The van der Waals surface area contributed by atoms with Crippen molar-refractivity contribution in [1.29, 1.82) is 0 Å². The largest absolute Gasteiger partial charge is 0.401 e.